The zero-order valence-electron chi connectivity index (χ0n) is 14.1. The van der Waals surface area contributed by atoms with Crippen molar-refractivity contribution in [3.05, 3.63) is 16.1 Å². The fourth-order valence-electron chi connectivity index (χ4n) is 5.14. The van der Waals surface area contributed by atoms with Crippen LogP contribution >= 0.6 is 11.3 Å². The normalized spacial score (nSPS) is 33.6. The predicted molar refractivity (Wildman–Crippen MR) is 92.5 cm³/mol. The number of aromatic nitrogens is 1. The molecule has 4 aliphatic rings. The van der Waals surface area contributed by atoms with Crippen LogP contribution in [0.5, 0.6) is 0 Å². The Bertz CT molecular complexity index is 573. The molecule has 2 aliphatic carbocycles. The molecule has 3 unspecified atom stereocenters. The molecule has 5 heteroatoms. The van der Waals surface area contributed by atoms with E-state index in [1.807, 2.05) is 6.92 Å². The number of hydrogen-bond donors (Lipinski definition) is 1. The molecule has 23 heavy (non-hydrogen) atoms. The zero-order chi connectivity index (χ0) is 16.0. The first-order valence-corrected chi connectivity index (χ1v) is 9.99. The van der Waals surface area contributed by atoms with Gasteiger partial charge in [0.15, 0.2) is 0 Å². The van der Waals surface area contributed by atoms with Gasteiger partial charge in [0.2, 0.25) is 0 Å². The number of rotatable bonds is 3. The summed E-state index contributed by atoms with van der Waals surface area (Å²) >= 11 is 1.66. The highest BCUT2D eigenvalue weighted by atomic mass is 32.1. The van der Waals surface area contributed by atoms with E-state index in [0.29, 0.717) is 6.04 Å². The Morgan fingerprint density at radius 3 is 2.61 bits per heavy atom. The molecule has 2 aliphatic heterocycles. The van der Waals surface area contributed by atoms with Crippen LogP contribution in [0.25, 0.3) is 0 Å². The molecule has 4 nitrogen and oxygen atoms in total. The zero-order valence-corrected chi connectivity index (χ0v) is 14.9. The maximum Gasteiger partial charge on any atom is 0.318 e. The highest BCUT2D eigenvalue weighted by molar-refractivity contribution is 7.09. The molecule has 0 spiro atoms. The summed E-state index contributed by atoms with van der Waals surface area (Å²) < 4.78 is 0. The third-order valence-corrected chi connectivity index (χ3v) is 7.08. The van der Waals surface area contributed by atoms with Gasteiger partial charge >= 0.3 is 6.03 Å². The lowest BCUT2D eigenvalue weighted by molar-refractivity contribution is 0.130. The van der Waals surface area contributed by atoms with Gasteiger partial charge in [-0.1, -0.05) is 6.92 Å². The Kier molecular flexibility index (Phi) is 4.08. The monoisotopic (exact) mass is 333 g/mol. The average Bonchev–Trinajstić information content (AvgIpc) is 2.85. The molecule has 126 valence electrons. The number of nitrogens with one attached hydrogen (secondary N) is 1. The first-order valence-electron chi connectivity index (χ1n) is 9.11. The van der Waals surface area contributed by atoms with E-state index in [9.17, 15) is 4.79 Å². The van der Waals surface area contributed by atoms with E-state index < -0.39 is 0 Å². The molecule has 2 saturated carbocycles. The average molecular weight is 334 g/mol. The molecule has 3 atom stereocenters. The van der Waals surface area contributed by atoms with Crippen LogP contribution in [0.2, 0.25) is 0 Å². The van der Waals surface area contributed by atoms with Gasteiger partial charge in [0, 0.05) is 23.7 Å². The number of carbonyl (C=O) groups excluding carboxylic acids is 1. The number of thiazole rings is 1. The topological polar surface area (TPSA) is 45.2 Å². The Morgan fingerprint density at radius 1 is 1.30 bits per heavy atom. The van der Waals surface area contributed by atoms with E-state index >= 15 is 0 Å². The van der Waals surface area contributed by atoms with Crippen molar-refractivity contribution in [3.8, 4) is 0 Å². The van der Waals surface area contributed by atoms with E-state index in [2.05, 4.69) is 27.5 Å². The smallest absolute Gasteiger partial charge is 0.318 e. The van der Waals surface area contributed by atoms with Crippen molar-refractivity contribution in [2.45, 2.75) is 64.5 Å². The molecule has 4 bridgehead atoms. The lowest BCUT2D eigenvalue weighted by Gasteiger charge is -2.39. The third-order valence-electron chi connectivity index (χ3n) is 6.01. The highest BCUT2D eigenvalue weighted by Gasteiger charge is 2.44. The van der Waals surface area contributed by atoms with Crippen LogP contribution in [0, 0.1) is 24.7 Å². The van der Waals surface area contributed by atoms with E-state index in [-0.39, 0.29) is 12.1 Å². The van der Waals surface area contributed by atoms with Gasteiger partial charge in [-0.15, -0.1) is 11.3 Å². The third kappa shape index (κ3) is 3.00. The largest absolute Gasteiger partial charge is 0.329 e. The summed E-state index contributed by atoms with van der Waals surface area (Å²) in [5, 5.41) is 6.38. The number of hydrogen-bond acceptors (Lipinski definition) is 3. The second kappa shape index (κ2) is 6.08. The lowest BCUT2D eigenvalue weighted by atomic mass is 9.68. The molecule has 2 amide bonds. The van der Waals surface area contributed by atoms with E-state index in [1.165, 1.54) is 32.1 Å². The Morgan fingerprint density at radius 2 is 2.00 bits per heavy atom. The van der Waals surface area contributed by atoms with Gasteiger partial charge < -0.3 is 10.2 Å². The fraction of sp³-hybridized carbons (Fsp3) is 0.778. The predicted octanol–water partition coefficient (Wildman–Crippen LogP) is 4.12. The molecule has 4 fully saturated rings. The second-order valence-electron chi connectivity index (χ2n) is 7.82. The Labute approximate surface area is 142 Å². The minimum atomic E-state index is 0.0545. The van der Waals surface area contributed by atoms with Crippen molar-refractivity contribution in [1.82, 2.24) is 15.2 Å². The second-order valence-corrected chi connectivity index (χ2v) is 8.71. The van der Waals surface area contributed by atoms with Crippen LogP contribution in [-0.4, -0.2) is 28.5 Å². The van der Waals surface area contributed by atoms with Crippen LogP contribution < -0.4 is 5.32 Å². The summed E-state index contributed by atoms with van der Waals surface area (Å²) in [7, 11) is 0. The lowest BCUT2D eigenvalue weighted by Crippen LogP contribution is -2.48. The number of fused-ring (bicyclic) bond motifs is 1. The van der Waals surface area contributed by atoms with Gasteiger partial charge in [-0.25, -0.2) is 9.78 Å². The fourth-order valence-corrected chi connectivity index (χ4v) is 6.07. The van der Waals surface area contributed by atoms with Gasteiger partial charge in [-0.05, 0) is 63.2 Å². The van der Waals surface area contributed by atoms with E-state index in [1.54, 1.807) is 11.3 Å². The quantitative estimate of drug-likeness (QED) is 0.904. The molecular weight excluding hydrogens is 306 g/mol. The van der Waals surface area contributed by atoms with E-state index in [0.717, 1.165) is 41.4 Å². The van der Waals surface area contributed by atoms with Crippen LogP contribution in [0.1, 0.15) is 62.2 Å². The minimum Gasteiger partial charge on any atom is -0.329 e. The first-order chi connectivity index (χ1) is 11.1. The summed E-state index contributed by atoms with van der Waals surface area (Å²) in [5.41, 5.74) is 1.04. The summed E-state index contributed by atoms with van der Waals surface area (Å²) in [5.74, 6) is 2.48. The molecule has 1 aromatic rings. The summed E-state index contributed by atoms with van der Waals surface area (Å²) in [6.45, 7) is 5.10. The summed E-state index contributed by atoms with van der Waals surface area (Å²) in [6.07, 6.45) is 7.46. The molecule has 0 aromatic carbocycles. The summed E-state index contributed by atoms with van der Waals surface area (Å²) in [4.78, 5) is 19.7. The molecule has 0 radical (unpaired) electrons. The van der Waals surface area contributed by atoms with Crippen LogP contribution in [0.4, 0.5) is 4.79 Å². The molecule has 2 saturated heterocycles. The Balaban J connectivity index is 1.48. The van der Waals surface area contributed by atoms with Gasteiger partial charge in [0.05, 0.1) is 6.04 Å². The van der Waals surface area contributed by atoms with Crippen molar-refractivity contribution in [1.29, 1.82) is 0 Å². The van der Waals surface area contributed by atoms with Crippen molar-refractivity contribution in [3.63, 3.8) is 0 Å². The number of aryl methyl sites for hydroxylation is 1. The molecule has 3 heterocycles. The van der Waals surface area contributed by atoms with E-state index in [4.69, 9.17) is 0 Å². The van der Waals surface area contributed by atoms with Crippen molar-refractivity contribution in [2.24, 2.45) is 17.8 Å². The number of carbonyl (C=O) groups is 1. The SMILES string of the molecule is CCC(NC(=O)N1CC2CC3CC(C2)CC1C3)c1nc(C)cs1. The molecule has 1 aromatic heterocycles. The standard InChI is InChI=1S/C18H27N3OS/c1-3-16(17-19-11(2)10-23-17)20-18(22)21-9-14-5-12-4-13(6-14)8-15(21)7-12/h10,12-16H,3-9H2,1-2H3,(H,20,22). The highest BCUT2D eigenvalue weighted by Crippen LogP contribution is 2.47. The van der Waals surface area contributed by atoms with Gasteiger partial charge in [-0.2, -0.15) is 0 Å². The first kappa shape index (κ1) is 15.4. The maximum atomic E-state index is 13.0. The maximum absolute atomic E-state index is 13.0. The van der Waals surface area contributed by atoms with Gasteiger partial charge in [0.1, 0.15) is 5.01 Å². The minimum absolute atomic E-state index is 0.0545. The van der Waals surface area contributed by atoms with Crippen molar-refractivity contribution >= 4 is 17.4 Å². The number of nitrogens with zero attached hydrogens (tertiary/aromatic N) is 2. The molecule has 5 rings (SSSR count). The van der Waals surface area contributed by atoms with Crippen molar-refractivity contribution in [2.75, 3.05) is 6.54 Å². The van der Waals surface area contributed by atoms with Crippen LogP contribution in [0.3, 0.4) is 0 Å². The van der Waals surface area contributed by atoms with Crippen LogP contribution in [0.15, 0.2) is 5.38 Å². The Hall–Kier alpha value is -1.10. The molecule has 1 N–H and O–H groups in total. The molecular formula is C18H27N3OS. The van der Waals surface area contributed by atoms with Crippen molar-refractivity contribution < 1.29 is 4.79 Å². The van der Waals surface area contributed by atoms with Crippen LogP contribution in [-0.2, 0) is 0 Å². The number of urea groups is 1. The number of amides is 2. The van der Waals surface area contributed by atoms with Gasteiger partial charge in [0.25, 0.3) is 0 Å². The van der Waals surface area contributed by atoms with Gasteiger partial charge in [-0.3, -0.25) is 0 Å². The summed E-state index contributed by atoms with van der Waals surface area (Å²) in [6, 6.07) is 0.670.